The molecule has 1 aliphatic heterocycles. The number of amides is 1. The van der Waals surface area contributed by atoms with Gasteiger partial charge in [0.25, 0.3) is 5.91 Å². The second-order valence-electron chi connectivity index (χ2n) is 6.94. The van der Waals surface area contributed by atoms with Crippen LogP contribution in [0, 0.1) is 20.8 Å². The Kier molecular flexibility index (Phi) is 6.04. The van der Waals surface area contributed by atoms with E-state index < -0.39 is 28.5 Å². The van der Waals surface area contributed by atoms with E-state index in [-0.39, 0.29) is 36.8 Å². The Hall–Kier alpha value is -2.72. The molecular formula is C19H23N3O6S. The molecule has 9 nitrogen and oxygen atoms in total. The molecule has 1 amide bonds. The Morgan fingerprint density at radius 3 is 2.34 bits per heavy atom. The van der Waals surface area contributed by atoms with Gasteiger partial charge in [-0.05, 0) is 44.0 Å². The van der Waals surface area contributed by atoms with Gasteiger partial charge < -0.3 is 14.2 Å². The molecule has 156 valence electrons. The summed E-state index contributed by atoms with van der Waals surface area (Å²) in [4.78, 5) is 25.8. The zero-order valence-electron chi connectivity index (χ0n) is 16.5. The topological polar surface area (TPSA) is 110 Å². The molecule has 0 atom stereocenters. The van der Waals surface area contributed by atoms with Crippen LogP contribution in [0.5, 0.6) is 0 Å². The average molecular weight is 421 g/mol. The third-order valence-corrected chi connectivity index (χ3v) is 6.76. The molecule has 1 aromatic heterocycles. The van der Waals surface area contributed by atoms with Gasteiger partial charge >= 0.3 is 5.97 Å². The third kappa shape index (κ3) is 4.65. The van der Waals surface area contributed by atoms with E-state index in [1.54, 1.807) is 25.1 Å². The highest BCUT2D eigenvalue weighted by molar-refractivity contribution is 7.89. The van der Waals surface area contributed by atoms with Crippen LogP contribution in [0.2, 0.25) is 0 Å². The summed E-state index contributed by atoms with van der Waals surface area (Å²) in [5.41, 5.74) is 2.46. The van der Waals surface area contributed by atoms with Crippen molar-refractivity contribution < 1.29 is 27.3 Å². The number of nitrogens with zero attached hydrogens (tertiary/aromatic N) is 3. The summed E-state index contributed by atoms with van der Waals surface area (Å²) >= 11 is 0. The van der Waals surface area contributed by atoms with Gasteiger partial charge in [-0.3, -0.25) is 4.79 Å². The quantitative estimate of drug-likeness (QED) is 0.669. The molecule has 0 unspecified atom stereocenters. The minimum absolute atomic E-state index is 0.0698. The maximum Gasteiger partial charge on any atom is 0.377 e. The Bertz CT molecular complexity index is 1020. The monoisotopic (exact) mass is 421 g/mol. The van der Waals surface area contributed by atoms with Gasteiger partial charge in [-0.15, -0.1) is 0 Å². The molecule has 10 heteroatoms. The number of benzene rings is 1. The van der Waals surface area contributed by atoms with E-state index in [0.29, 0.717) is 5.69 Å². The molecule has 0 N–H and O–H groups in total. The van der Waals surface area contributed by atoms with E-state index in [9.17, 15) is 18.0 Å². The smallest absolute Gasteiger partial charge is 0.377 e. The zero-order valence-corrected chi connectivity index (χ0v) is 17.4. The van der Waals surface area contributed by atoms with E-state index in [0.717, 1.165) is 11.1 Å². The van der Waals surface area contributed by atoms with Crippen molar-refractivity contribution in [1.29, 1.82) is 0 Å². The van der Waals surface area contributed by atoms with Crippen LogP contribution in [-0.4, -0.2) is 67.4 Å². The minimum atomic E-state index is -3.62. The molecule has 0 aliphatic carbocycles. The molecule has 1 fully saturated rings. The molecule has 2 heterocycles. The SMILES string of the molecule is Cc1cc(C(=O)OCC(=O)N2CCN(S(=O)(=O)c3ccc(C)c(C)c3)CC2)on1. The Labute approximate surface area is 169 Å². The van der Waals surface area contributed by atoms with Crippen molar-refractivity contribution in [3.05, 3.63) is 46.8 Å². The van der Waals surface area contributed by atoms with Gasteiger partial charge in [0.2, 0.25) is 15.8 Å². The van der Waals surface area contributed by atoms with Gasteiger partial charge in [0, 0.05) is 32.2 Å². The second-order valence-corrected chi connectivity index (χ2v) is 8.88. The Morgan fingerprint density at radius 2 is 1.76 bits per heavy atom. The van der Waals surface area contributed by atoms with Crippen LogP contribution in [-0.2, 0) is 19.6 Å². The fourth-order valence-corrected chi connectivity index (χ4v) is 4.46. The van der Waals surface area contributed by atoms with Crippen LogP contribution in [0.3, 0.4) is 0 Å². The predicted molar refractivity (Wildman–Crippen MR) is 103 cm³/mol. The molecule has 0 bridgehead atoms. The first-order valence-electron chi connectivity index (χ1n) is 9.14. The Morgan fingerprint density at radius 1 is 1.07 bits per heavy atom. The maximum atomic E-state index is 12.8. The first-order valence-corrected chi connectivity index (χ1v) is 10.6. The molecule has 0 radical (unpaired) electrons. The highest BCUT2D eigenvalue weighted by atomic mass is 32.2. The summed E-state index contributed by atoms with van der Waals surface area (Å²) in [5.74, 6) is -1.23. The van der Waals surface area contributed by atoms with Crippen molar-refractivity contribution in [2.45, 2.75) is 25.7 Å². The summed E-state index contributed by atoms with van der Waals surface area (Å²) in [6.45, 7) is 5.81. The lowest BCUT2D eigenvalue weighted by Crippen LogP contribution is -2.51. The number of rotatable bonds is 5. The number of hydrogen-bond acceptors (Lipinski definition) is 7. The molecule has 1 aromatic carbocycles. The van der Waals surface area contributed by atoms with E-state index in [1.807, 2.05) is 13.8 Å². The van der Waals surface area contributed by atoms with Crippen LogP contribution < -0.4 is 0 Å². The fourth-order valence-electron chi connectivity index (χ4n) is 2.95. The maximum absolute atomic E-state index is 12.8. The van der Waals surface area contributed by atoms with Crippen molar-refractivity contribution in [2.24, 2.45) is 0 Å². The lowest BCUT2D eigenvalue weighted by molar-refractivity contribution is -0.135. The number of aryl methyl sites for hydroxylation is 3. The Balaban J connectivity index is 1.54. The normalized spacial score (nSPS) is 15.3. The molecule has 29 heavy (non-hydrogen) atoms. The van der Waals surface area contributed by atoms with E-state index in [4.69, 9.17) is 9.26 Å². The molecule has 3 rings (SSSR count). The summed E-state index contributed by atoms with van der Waals surface area (Å²) in [7, 11) is -3.62. The zero-order chi connectivity index (χ0) is 21.2. The van der Waals surface area contributed by atoms with Crippen molar-refractivity contribution in [2.75, 3.05) is 32.8 Å². The number of sulfonamides is 1. The second kappa shape index (κ2) is 8.34. The van der Waals surface area contributed by atoms with Gasteiger partial charge in [-0.2, -0.15) is 4.31 Å². The molecule has 2 aromatic rings. The van der Waals surface area contributed by atoms with Crippen LogP contribution in [0.15, 0.2) is 33.7 Å². The summed E-state index contributed by atoms with van der Waals surface area (Å²) in [6, 6.07) is 6.46. The average Bonchev–Trinajstić information content (AvgIpc) is 3.14. The van der Waals surface area contributed by atoms with Crippen molar-refractivity contribution in [3.63, 3.8) is 0 Å². The van der Waals surface area contributed by atoms with E-state index in [2.05, 4.69) is 5.16 Å². The van der Waals surface area contributed by atoms with Crippen LogP contribution in [0.4, 0.5) is 0 Å². The number of piperazine rings is 1. The predicted octanol–water partition coefficient (Wildman–Crippen LogP) is 1.29. The van der Waals surface area contributed by atoms with Crippen LogP contribution >= 0.6 is 0 Å². The summed E-state index contributed by atoms with van der Waals surface area (Å²) < 4.78 is 36.8. The minimum Gasteiger partial charge on any atom is -0.450 e. The molecule has 1 aliphatic rings. The summed E-state index contributed by atoms with van der Waals surface area (Å²) in [5, 5.41) is 3.59. The standard InChI is InChI=1S/C19H23N3O6S/c1-13-4-5-16(10-14(13)2)29(25,26)22-8-6-21(7-9-22)18(23)12-27-19(24)17-11-15(3)20-28-17/h4-5,10-11H,6-9,12H2,1-3H3. The highest BCUT2D eigenvalue weighted by Crippen LogP contribution is 2.20. The van der Waals surface area contributed by atoms with E-state index >= 15 is 0 Å². The number of aromatic nitrogens is 1. The van der Waals surface area contributed by atoms with E-state index in [1.165, 1.54) is 15.3 Å². The van der Waals surface area contributed by atoms with Gasteiger partial charge in [-0.25, -0.2) is 13.2 Å². The first kappa shape index (κ1) is 21.0. The van der Waals surface area contributed by atoms with Crippen LogP contribution in [0.1, 0.15) is 27.4 Å². The largest absolute Gasteiger partial charge is 0.450 e. The van der Waals surface area contributed by atoms with Gasteiger partial charge in [-0.1, -0.05) is 11.2 Å². The number of carbonyl (C=O) groups is 2. The van der Waals surface area contributed by atoms with Gasteiger partial charge in [0.15, 0.2) is 6.61 Å². The fraction of sp³-hybridized carbons (Fsp3) is 0.421. The number of ether oxygens (including phenoxy) is 1. The number of esters is 1. The molecule has 0 saturated carbocycles. The third-order valence-electron chi connectivity index (χ3n) is 4.86. The molecular weight excluding hydrogens is 398 g/mol. The number of carbonyl (C=O) groups excluding carboxylic acids is 2. The highest BCUT2D eigenvalue weighted by Gasteiger charge is 2.30. The molecule has 0 spiro atoms. The lowest BCUT2D eigenvalue weighted by atomic mass is 10.1. The van der Waals surface area contributed by atoms with Crippen LogP contribution in [0.25, 0.3) is 0 Å². The van der Waals surface area contributed by atoms with Gasteiger partial charge in [0.05, 0.1) is 10.6 Å². The van der Waals surface area contributed by atoms with Crippen molar-refractivity contribution >= 4 is 21.9 Å². The van der Waals surface area contributed by atoms with Gasteiger partial charge in [0.1, 0.15) is 0 Å². The number of hydrogen-bond donors (Lipinski definition) is 0. The van der Waals surface area contributed by atoms with Crippen molar-refractivity contribution in [3.8, 4) is 0 Å². The van der Waals surface area contributed by atoms with Crippen molar-refractivity contribution in [1.82, 2.24) is 14.4 Å². The molecule has 1 saturated heterocycles. The first-order chi connectivity index (χ1) is 13.7. The lowest BCUT2D eigenvalue weighted by Gasteiger charge is -2.33. The summed E-state index contributed by atoms with van der Waals surface area (Å²) in [6.07, 6.45) is 0.